The lowest BCUT2D eigenvalue weighted by Crippen LogP contribution is -2.37. The van der Waals surface area contributed by atoms with Gasteiger partial charge in [-0.3, -0.25) is 9.36 Å². The number of aliphatic imine (C=N–C) groups is 1. The van der Waals surface area contributed by atoms with E-state index >= 15 is 0 Å². The molecule has 1 aromatic heterocycles. The number of hydrogen-bond acceptors (Lipinski definition) is 17. The molecule has 2 saturated heterocycles. The van der Waals surface area contributed by atoms with Crippen LogP contribution >= 0.6 is 15.9 Å². The Bertz CT molecular complexity index is 1090. The van der Waals surface area contributed by atoms with Crippen LogP contribution in [-0.2, 0) is 19.1 Å². The van der Waals surface area contributed by atoms with Crippen molar-refractivity contribution in [2.24, 2.45) is 10.7 Å². The summed E-state index contributed by atoms with van der Waals surface area (Å²) in [6.07, 6.45) is -13.8. The first-order valence-electron chi connectivity index (χ1n) is 9.88. The Hall–Kier alpha value is -2.13. The summed E-state index contributed by atoms with van der Waals surface area (Å²) in [7, 11) is -10.2. The molecule has 2 aliphatic heterocycles. The van der Waals surface area contributed by atoms with Crippen LogP contribution in [0.1, 0.15) is 16.7 Å². The third-order valence-electron chi connectivity index (χ3n) is 5.28. The number of anilines is 1. The van der Waals surface area contributed by atoms with Gasteiger partial charge in [-0.2, -0.15) is 29.4 Å². The number of ether oxygens (including phenoxy) is 2. The summed E-state index contributed by atoms with van der Waals surface area (Å²) >= 11 is 0. The number of aliphatic hydroxyl groups excluding tert-OH is 4. The van der Waals surface area contributed by atoms with Gasteiger partial charge in [-0.25, -0.2) is 19.6 Å². The summed E-state index contributed by atoms with van der Waals surface area (Å²) in [5.74, 6) is -1.51. The molecule has 0 spiro atoms. The highest BCUT2D eigenvalue weighted by atomic mass is 31.2. The van der Waals surface area contributed by atoms with Crippen LogP contribution in [0, 0.1) is 0 Å². The summed E-state index contributed by atoms with van der Waals surface area (Å²) in [6.45, 7) is 0. The highest BCUT2D eigenvalue weighted by Gasteiger charge is 2.59. The third-order valence-corrected chi connectivity index (χ3v) is 6.97. The fraction of sp³-hybridized carbons (Fsp3) is 0.533. The van der Waals surface area contributed by atoms with E-state index in [-0.39, 0.29) is 5.82 Å². The molecule has 206 valence electrons. The standard InChI is InChI=1S/C15H22N5O15P2/c16-10(25)3-11(17-1-18-12-6(23)4(21)8(34-12)14(26)36(28,29)30)20(2-19-3)13-7(24)5(22)9(35-13)15(27)37(31,32)33/h1-2,4-9,12-13,21-24,28-33H,(H2-,16,17,18,25)/q+1/p+1/t4-,5-,6+,7+,8-,9-,12?,13?/m0/s1. The second kappa shape index (κ2) is 10.6. The van der Waals surface area contributed by atoms with E-state index in [9.17, 15) is 49.5 Å². The Morgan fingerprint density at radius 2 is 1.43 bits per heavy atom. The van der Waals surface area contributed by atoms with E-state index in [0.29, 0.717) is 0 Å². The first kappa shape index (κ1) is 29.4. The van der Waals surface area contributed by atoms with E-state index < -0.39 is 87.6 Å². The van der Waals surface area contributed by atoms with Gasteiger partial charge >= 0.3 is 26.9 Å². The molecule has 22 heteroatoms. The van der Waals surface area contributed by atoms with Crippen molar-refractivity contribution in [3.8, 4) is 0 Å². The molecular formula is C15H23N5O15P2+2. The van der Waals surface area contributed by atoms with Crippen LogP contribution in [0.5, 0.6) is 0 Å². The number of amides is 1. The van der Waals surface area contributed by atoms with Gasteiger partial charge in [0.2, 0.25) is 0 Å². The van der Waals surface area contributed by atoms with Crippen LogP contribution in [0.4, 0.5) is 5.82 Å². The quantitative estimate of drug-likeness (QED) is 0.0740. The van der Waals surface area contributed by atoms with E-state index in [1.807, 2.05) is 0 Å². The van der Waals surface area contributed by atoms with Crippen LogP contribution in [-0.4, -0.2) is 125 Å². The summed E-state index contributed by atoms with van der Waals surface area (Å²) < 4.78 is 10.9. The van der Waals surface area contributed by atoms with Crippen molar-refractivity contribution in [2.75, 3.05) is 5.32 Å². The van der Waals surface area contributed by atoms with Gasteiger partial charge in [0, 0.05) is 0 Å². The second-order valence-corrected chi connectivity index (χ2v) is 11.0. The van der Waals surface area contributed by atoms with Crippen molar-refractivity contribution in [1.29, 1.82) is 0 Å². The lowest BCUT2D eigenvalue weighted by molar-refractivity contribution is -0.129. The normalized spacial score (nSPS) is 32.7. The summed E-state index contributed by atoms with van der Waals surface area (Å²) in [5.41, 5.74) is 1.35. The number of hydrogen-bond donors (Lipinski definition) is 12. The minimum Gasteiger partial charge on any atom is -0.387 e. The number of nitrogens with one attached hydrogen (secondary N) is 1. The first-order chi connectivity index (χ1) is 17.0. The number of aliphatic hydroxyl groups is 4. The zero-order valence-corrected chi connectivity index (χ0v) is 19.9. The zero-order chi connectivity index (χ0) is 28.0. The molecule has 0 aliphatic carbocycles. The van der Waals surface area contributed by atoms with Gasteiger partial charge in [-0.15, -0.1) is 0 Å². The van der Waals surface area contributed by atoms with Gasteiger partial charge in [0.15, 0.2) is 30.4 Å². The van der Waals surface area contributed by atoms with Crippen molar-refractivity contribution in [3.63, 3.8) is 0 Å². The summed E-state index contributed by atoms with van der Waals surface area (Å²) in [4.78, 5) is 97.6. The van der Waals surface area contributed by atoms with Crippen molar-refractivity contribution >= 4 is 45.0 Å². The van der Waals surface area contributed by atoms with Gasteiger partial charge in [-0.1, -0.05) is 0 Å². The molecule has 2 fully saturated rings. The van der Waals surface area contributed by atoms with Gasteiger partial charge < -0.3 is 41.0 Å². The number of rotatable bonds is 9. The van der Waals surface area contributed by atoms with Crippen molar-refractivity contribution in [1.82, 2.24) is 9.55 Å². The largest absolute Gasteiger partial charge is 0.481 e. The van der Waals surface area contributed by atoms with E-state index in [2.05, 4.69) is 15.3 Å². The Morgan fingerprint density at radius 1 is 0.919 bits per heavy atom. The second-order valence-electron chi connectivity index (χ2n) is 7.81. The average Bonchev–Trinajstić information content (AvgIpc) is 3.42. The molecule has 3 heterocycles. The predicted octanol–water partition coefficient (Wildman–Crippen LogP) is -5.98. The Labute approximate surface area is 206 Å². The maximum absolute atomic E-state index is 12.0. The maximum atomic E-state index is 12.0. The number of primary amides is 1. The monoisotopic (exact) mass is 575 g/mol. The fourth-order valence-electron chi connectivity index (χ4n) is 3.47. The smallest absolute Gasteiger partial charge is 0.387 e. The van der Waals surface area contributed by atoms with Gasteiger partial charge in [0.25, 0.3) is 5.91 Å². The van der Waals surface area contributed by atoms with E-state index in [4.69, 9.17) is 29.9 Å². The predicted molar refractivity (Wildman–Crippen MR) is 117 cm³/mol. The van der Waals surface area contributed by atoms with Crippen LogP contribution in [0.25, 0.3) is 0 Å². The molecular weight excluding hydrogens is 552 g/mol. The van der Waals surface area contributed by atoms with Gasteiger partial charge in [0.1, 0.15) is 30.2 Å². The summed E-state index contributed by atoms with van der Waals surface area (Å²) in [5, 5.41) is 42.7. The summed E-state index contributed by atoms with van der Waals surface area (Å²) in [6, 6.07) is 0. The van der Waals surface area contributed by atoms with Crippen LogP contribution in [0.15, 0.2) is 11.3 Å². The topological polar surface area (TPSA) is 340 Å². The Morgan fingerprint density at radius 3 is 1.95 bits per heavy atom. The maximum Gasteiger partial charge on any atom is 0.481 e. The van der Waals surface area contributed by atoms with E-state index in [1.54, 1.807) is 0 Å². The van der Waals surface area contributed by atoms with Crippen LogP contribution in [0.2, 0.25) is 0 Å². The molecule has 3 rings (SSSR count). The average molecular weight is 575 g/mol. The molecule has 0 bridgehead atoms. The third kappa shape index (κ3) is 5.82. The lowest BCUT2D eigenvalue weighted by Gasteiger charge is -2.19. The number of aromatic nitrogens is 2. The van der Waals surface area contributed by atoms with E-state index in [0.717, 1.165) is 17.2 Å². The molecule has 13 N–H and O–H groups in total. The highest BCUT2D eigenvalue weighted by molar-refractivity contribution is 7.76. The molecule has 2 aliphatic rings. The molecule has 20 nitrogen and oxygen atoms in total. The van der Waals surface area contributed by atoms with Crippen LogP contribution in [0.3, 0.4) is 0 Å². The van der Waals surface area contributed by atoms with Gasteiger partial charge in [-0.05, 0) is 0 Å². The fourth-order valence-corrected chi connectivity index (χ4v) is 4.58. The van der Waals surface area contributed by atoms with Crippen LogP contribution < -0.4 is 11.1 Å². The zero-order valence-electron chi connectivity index (χ0n) is 18.1. The molecule has 0 radical (unpaired) electrons. The Kier molecular flexibility index (Phi) is 8.40. The molecule has 1 aromatic rings. The van der Waals surface area contributed by atoms with Gasteiger partial charge in [0.05, 0.1) is 12.7 Å². The van der Waals surface area contributed by atoms with E-state index in [1.165, 1.54) is 0 Å². The number of nitrogens with zero attached hydrogens (tertiary/aromatic N) is 3. The van der Waals surface area contributed by atoms with Crippen molar-refractivity contribution < 1.29 is 73.6 Å². The highest BCUT2D eigenvalue weighted by Crippen LogP contribution is 2.50. The number of carbonyl (C=O) groups is 3. The molecule has 37 heavy (non-hydrogen) atoms. The molecule has 0 saturated carbocycles. The number of carbonyl (C=O) groups excluding carboxylic acids is 3. The molecule has 2 unspecified atom stereocenters. The molecule has 0 aromatic carbocycles. The minimum absolute atomic E-state index is 0.384. The first-order valence-corrected chi connectivity index (χ1v) is 13.2. The Balaban J connectivity index is 1.83. The van der Waals surface area contributed by atoms with Crippen molar-refractivity contribution in [2.45, 2.75) is 49.1 Å². The number of nitrogens with two attached hydrogens (primary N) is 1. The molecule has 1 amide bonds. The number of imidazole rings is 1. The molecule has 8 atom stereocenters. The lowest BCUT2D eigenvalue weighted by atomic mass is 10.1. The SMILES string of the molecule is NC(=O)c1ncn(C2O[C@H](C(=O)[P+](O)(O)O)[C@@H](O)[C@H]2O)c1NC=NC1O[C@H](C(=O)[P+](O)(O)O)[C@@H](O)[C@H]1O. The minimum atomic E-state index is -5.12. The van der Waals surface area contributed by atoms with Crippen molar-refractivity contribution in [3.05, 3.63) is 12.0 Å².